The van der Waals surface area contributed by atoms with Gasteiger partial charge >= 0.3 is 0 Å². The number of hydrogen-bond donors (Lipinski definition) is 1. The fourth-order valence-electron chi connectivity index (χ4n) is 2.04. The number of hydrogen-bond acceptors (Lipinski definition) is 4. The van der Waals surface area contributed by atoms with E-state index in [4.69, 9.17) is 4.52 Å². The number of nitrogens with zero attached hydrogens (tertiary/aromatic N) is 2. The molecule has 0 aliphatic rings. The van der Waals surface area contributed by atoms with Gasteiger partial charge in [0.2, 0.25) is 5.89 Å². The summed E-state index contributed by atoms with van der Waals surface area (Å²) in [5, 5.41) is 7.31. The van der Waals surface area contributed by atoms with Crippen molar-refractivity contribution in [2.45, 2.75) is 60.0 Å². The lowest BCUT2D eigenvalue weighted by atomic mass is 9.96. The summed E-state index contributed by atoms with van der Waals surface area (Å²) in [4.78, 5) is 4.20. The first kappa shape index (κ1) is 14.2. The average molecular weight is 239 g/mol. The summed E-state index contributed by atoms with van der Waals surface area (Å²) in [7, 11) is 0. The Morgan fingerprint density at radius 2 is 1.71 bits per heavy atom. The lowest BCUT2D eigenvalue weighted by Gasteiger charge is -2.21. The van der Waals surface area contributed by atoms with Crippen LogP contribution in [-0.4, -0.2) is 16.2 Å². The van der Waals surface area contributed by atoms with Crippen molar-refractivity contribution >= 4 is 0 Å². The molecule has 17 heavy (non-hydrogen) atoms. The first-order chi connectivity index (χ1) is 7.97. The molecule has 0 saturated heterocycles. The van der Waals surface area contributed by atoms with E-state index in [0.717, 1.165) is 0 Å². The molecule has 1 heterocycles. The van der Waals surface area contributed by atoms with Crippen LogP contribution in [0.5, 0.6) is 0 Å². The maximum atomic E-state index is 5.10. The van der Waals surface area contributed by atoms with E-state index in [1.165, 1.54) is 12.8 Å². The Labute approximate surface area is 104 Å². The first-order valence-corrected chi connectivity index (χ1v) is 6.50. The average Bonchev–Trinajstić information content (AvgIpc) is 2.59. The molecule has 1 rings (SSSR count). The Kier molecular flexibility index (Phi) is 5.62. The maximum Gasteiger partial charge on any atom is 0.240 e. The summed E-state index contributed by atoms with van der Waals surface area (Å²) in [6, 6.07) is 0.530. The van der Waals surface area contributed by atoms with E-state index in [-0.39, 0.29) is 0 Å². The van der Waals surface area contributed by atoms with Crippen molar-refractivity contribution in [3.05, 3.63) is 11.7 Å². The second-order valence-corrected chi connectivity index (χ2v) is 5.57. The van der Waals surface area contributed by atoms with Crippen molar-refractivity contribution in [1.29, 1.82) is 0 Å². The highest BCUT2D eigenvalue weighted by Gasteiger charge is 2.13. The Balaban J connectivity index is 2.42. The zero-order valence-electron chi connectivity index (χ0n) is 11.7. The SMILES string of the molecule is Cc1noc(CNC(CC(C)C)CC(C)C)n1. The molecule has 0 radical (unpaired) electrons. The summed E-state index contributed by atoms with van der Waals surface area (Å²) < 4.78 is 5.10. The summed E-state index contributed by atoms with van der Waals surface area (Å²) in [6.07, 6.45) is 2.37. The predicted octanol–water partition coefficient (Wildman–Crippen LogP) is 2.93. The van der Waals surface area contributed by atoms with Gasteiger partial charge in [0.25, 0.3) is 0 Å². The standard InChI is InChI=1S/C13H25N3O/c1-9(2)6-12(7-10(3)4)14-8-13-15-11(5)16-17-13/h9-10,12,14H,6-8H2,1-5H3. The monoisotopic (exact) mass is 239 g/mol. The van der Waals surface area contributed by atoms with Gasteiger partial charge in [0, 0.05) is 6.04 Å². The zero-order chi connectivity index (χ0) is 12.8. The minimum atomic E-state index is 0.530. The Morgan fingerprint density at radius 3 is 2.12 bits per heavy atom. The molecule has 1 N–H and O–H groups in total. The molecular formula is C13H25N3O. The van der Waals surface area contributed by atoms with Gasteiger partial charge in [0.1, 0.15) is 0 Å². The minimum absolute atomic E-state index is 0.530. The molecule has 4 nitrogen and oxygen atoms in total. The van der Waals surface area contributed by atoms with Crippen LogP contribution in [0.4, 0.5) is 0 Å². The Hall–Kier alpha value is -0.900. The third-order valence-corrected chi connectivity index (χ3v) is 2.62. The Morgan fingerprint density at radius 1 is 1.12 bits per heavy atom. The number of nitrogens with one attached hydrogen (secondary N) is 1. The van der Waals surface area contributed by atoms with Crippen LogP contribution >= 0.6 is 0 Å². The van der Waals surface area contributed by atoms with Gasteiger partial charge < -0.3 is 9.84 Å². The minimum Gasteiger partial charge on any atom is -0.338 e. The molecule has 0 spiro atoms. The molecule has 0 aromatic carbocycles. The number of aryl methyl sites for hydroxylation is 1. The van der Waals surface area contributed by atoms with Crippen LogP contribution in [0.1, 0.15) is 52.3 Å². The van der Waals surface area contributed by atoms with E-state index in [1.807, 2.05) is 6.92 Å². The second-order valence-electron chi connectivity index (χ2n) is 5.57. The van der Waals surface area contributed by atoms with Crippen LogP contribution < -0.4 is 5.32 Å². The third kappa shape index (κ3) is 5.82. The van der Waals surface area contributed by atoms with Crippen LogP contribution in [0.3, 0.4) is 0 Å². The lowest BCUT2D eigenvalue weighted by Crippen LogP contribution is -2.31. The van der Waals surface area contributed by atoms with E-state index in [1.54, 1.807) is 0 Å². The quantitative estimate of drug-likeness (QED) is 0.795. The molecule has 1 aromatic rings. The fourth-order valence-corrected chi connectivity index (χ4v) is 2.04. The summed E-state index contributed by atoms with van der Waals surface area (Å²) in [6.45, 7) is 11.5. The van der Waals surface area contributed by atoms with E-state index in [9.17, 15) is 0 Å². The van der Waals surface area contributed by atoms with Crippen molar-refractivity contribution in [2.75, 3.05) is 0 Å². The van der Waals surface area contributed by atoms with Gasteiger partial charge in [-0.25, -0.2) is 0 Å². The summed E-state index contributed by atoms with van der Waals surface area (Å²) in [5.41, 5.74) is 0. The van der Waals surface area contributed by atoms with Crippen molar-refractivity contribution in [1.82, 2.24) is 15.5 Å². The van der Waals surface area contributed by atoms with Crippen LogP contribution in [0.25, 0.3) is 0 Å². The molecule has 0 atom stereocenters. The topological polar surface area (TPSA) is 51.0 Å². The van der Waals surface area contributed by atoms with E-state index >= 15 is 0 Å². The highest BCUT2D eigenvalue weighted by atomic mass is 16.5. The molecule has 0 bridgehead atoms. The molecule has 0 aliphatic carbocycles. The molecule has 0 fully saturated rings. The lowest BCUT2D eigenvalue weighted by molar-refractivity contribution is 0.320. The highest BCUT2D eigenvalue weighted by Crippen LogP contribution is 2.13. The normalized spacial score (nSPS) is 12.0. The van der Waals surface area contributed by atoms with Crippen LogP contribution in [0.2, 0.25) is 0 Å². The third-order valence-electron chi connectivity index (χ3n) is 2.62. The molecule has 0 amide bonds. The van der Waals surface area contributed by atoms with Gasteiger partial charge in [-0.2, -0.15) is 4.98 Å². The van der Waals surface area contributed by atoms with Gasteiger partial charge in [-0.1, -0.05) is 32.9 Å². The molecule has 1 aromatic heterocycles. The molecule has 98 valence electrons. The van der Waals surface area contributed by atoms with Crippen molar-refractivity contribution < 1.29 is 4.52 Å². The van der Waals surface area contributed by atoms with Crippen LogP contribution in [-0.2, 0) is 6.54 Å². The molecule has 0 aliphatic heterocycles. The largest absolute Gasteiger partial charge is 0.338 e. The Bertz CT molecular complexity index is 310. The first-order valence-electron chi connectivity index (χ1n) is 6.50. The maximum absolute atomic E-state index is 5.10. The number of rotatable bonds is 7. The van der Waals surface area contributed by atoms with Crippen LogP contribution in [0, 0.1) is 18.8 Å². The van der Waals surface area contributed by atoms with E-state index in [2.05, 4.69) is 43.2 Å². The van der Waals surface area contributed by atoms with Gasteiger partial charge in [0.15, 0.2) is 5.82 Å². The predicted molar refractivity (Wildman–Crippen MR) is 68.6 cm³/mol. The van der Waals surface area contributed by atoms with Gasteiger partial charge in [-0.3, -0.25) is 0 Å². The molecule has 0 saturated carbocycles. The van der Waals surface area contributed by atoms with Crippen LogP contribution in [0.15, 0.2) is 4.52 Å². The highest BCUT2D eigenvalue weighted by molar-refractivity contribution is 4.83. The van der Waals surface area contributed by atoms with E-state index in [0.29, 0.717) is 36.1 Å². The summed E-state index contributed by atoms with van der Waals surface area (Å²) in [5.74, 6) is 2.79. The molecule has 4 heteroatoms. The van der Waals surface area contributed by atoms with Crippen molar-refractivity contribution in [2.24, 2.45) is 11.8 Å². The van der Waals surface area contributed by atoms with Gasteiger partial charge in [0.05, 0.1) is 6.54 Å². The smallest absolute Gasteiger partial charge is 0.240 e. The zero-order valence-corrected chi connectivity index (χ0v) is 11.7. The van der Waals surface area contributed by atoms with E-state index < -0.39 is 0 Å². The molecule has 0 unspecified atom stereocenters. The second kappa shape index (κ2) is 6.74. The molecular weight excluding hydrogens is 214 g/mol. The van der Waals surface area contributed by atoms with Gasteiger partial charge in [-0.05, 0) is 31.6 Å². The fraction of sp³-hybridized carbons (Fsp3) is 0.846. The van der Waals surface area contributed by atoms with Crippen molar-refractivity contribution in [3.8, 4) is 0 Å². The van der Waals surface area contributed by atoms with Crippen molar-refractivity contribution in [3.63, 3.8) is 0 Å². The summed E-state index contributed by atoms with van der Waals surface area (Å²) >= 11 is 0. The van der Waals surface area contributed by atoms with Gasteiger partial charge in [-0.15, -0.1) is 0 Å². The number of aromatic nitrogens is 2.